The maximum atomic E-state index is 12.2. The summed E-state index contributed by atoms with van der Waals surface area (Å²) in [4.78, 5) is 17.6. The molecule has 0 fully saturated rings. The Morgan fingerprint density at radius 3 is 2.63 bits per heavy atom. The van der Waals surface area contributed by atoms with Crippen molar-refractivity contribution in [3.05, 3.63) is 34.0 Å². The van der Waals surface area contributed by atoms with Crippen molar-refractivity contribution >= 4 is 17.2 Å². The molecule has 0 aliphatic heterocycles. The zero-order valence-electron chi connectivity index (χ0n) is 12.3. The Balaban J connectivity index is 2.68. The van der Waals surface area contributed by atoms with Crippen LogP contribution in [0, 0.1) is 6.92 Å². The number of carbonyl (C=O) groups is 1. The number of hydrogen-bond donors (Lipinski definition) is 0. The normalized spacial score (nSPS) is 11.4. The van der Waals surface area contributed by atoms with Gasteiger partial charge in [-0.15, -0.1) is 11.3 Å². The third-order valence-corrected chi connectivity index (χ3v) is 4.01. The first kappa shape index (κ1) is 15.9. The second-order valence-corrected chi connectivity index (χ2v) is 5.92. The van der Waals surface area contributed by atoms with E-state index in [9.17, 15) is 4.79 Å². The van der Waals surface area contributed by atoms with Crippen LogP contribution in [-0.4, -0.2) is 42.9 Å². The van der Waals surface area contributed by atoms with E-state index in [1.54, 1.807) is 11.3 Å². The average molecular weight is 280 g/mol. The molecule has 0 N–H and O–H groups in total. The van der Waals surface area contributed by atoms with Gasteiger partial charge in [0.25, 0.3) is 0 Å². The predicted octanol–water partition coefficient (Wildman–Crippen LogP) is 2.91. The van der Waals surface area contributed by atoms with Crippen molar-refractivity contribution < 1.29 is 4.79 Å². The number of allylic oxidation sites excluding steroid dienone is 1. The highest BCUT2D eigenvalue weighted by atomic mass is 32.1. The second-order valence-electron chi connectivity index (χ2n) is 4.92. The summed E-state index contributed by atoms with van der Waals surface area (Å²) in [6.45, 7) is 6.45. The van der Waals surface area contributed by atoms with Crippen LogP contribution < -0.4 is 0 Å². The van der Waals surface area contributed by atoms with Gasteiger partial charge in [-0.3, -0.25) is 4.79 Å². The molecule has 0 aromatic carbocycles. The van der Waals surface area contributed by atoms with Crippen molar-refractivity contribution in [2.24, 2.45) is 0 Å². The maximum Gasteiger partial charge on any atom is 0.226 e. The van der Waals surface area contributed by atoms with Gasteiger partial charge in [0, 0.05) is 24.4 Å². The van der Waals surface area contributed by atoms with Crippen LogP contribution in [0.4, 0.5) is 0 Å². The highest BCUT2D eigenvalue weighted by Crippen LogP contribution is 2.18. The zero-order valence-corrected chi connectivity index (χ0v) is 13.2. The number of rotatable bonds is 7. The molecule has 0 radical (unpaired) electrons. The number of likely N-dealkylation sites (N-methyl/N-ethyl adjacent to an activating group) is 1. The fourth-order valence-electron chi connectivity index (χ4n) is 1.70. The topological polar surface area (TPSA) is 23.6 Å². The quantitative estimate of drug-likeness (QED) is 0.717. The van der Waals surface area contributed by atoms with Crippen molar-refractivity contribution in [3.8, 4) is 0 Å². The van der Waals surface area contributed by atoms with Crippen molar-refractivity contribution in [2.45, 2.75) is 26.8 Å². The Labute approximate surface area is 120 Å². The van der Waals surface area contributed by atoms with Crippen LogP contribution in [0.5, 0.6) is 0 Å². The first-order valence-corrected chi connectivity index (χ1v) is 7.49. The van der Waals surface area contributed by atoms with Gasteiger partial charge in [0.05, 0.1) is 6.54 Å². The van der Waals surface area contributed by atoms with Crippen LogP contribution in [0.1, 0.15) is 23.8 Å². The summed E-state index contributed by atoms with van der Waals surface area (Å²) < 4.78 is 0. The van der Waals surface area contributed by atoms with Crippen LogP contribution in [-0.2, 0) is 11.3 Å². The fourth-order valence-corrected chi connectivity index (χ4v) is 2.62. The van der Waals surface area contributed by atoms with Gasteiger partial charge >= 0.3 is 0 Å². The molecular formula is C15H24N2OS. The largest absolute Gasteiger partial charge is 0.336 e. The van der Waals surface area contributed by atoms with Crippen LogP contribution in [0.25, 0.3) is 0 Å². The van der Waals surface area contributed by atoms with Gasteiger partial charge in [-0.2, -0.15) is 0 Å². The molecule has 0 saturated carbocycles. The Morgan fingerprint density at radius 1 is 1.37 bits per heavy atom. The minimum atomic E-state index is 0.202. The zero-order chi connectivity index (χ0) is 14.3. The smallest absolute Gasteiger partial charge is 0.226 e. The van der Waals surface area contributed by atoms with E-state index < -0.39 is 0 Å². The SMILES string of the molecule is C/C=C/CC(=O)N(CCN(C)C)Cc1sccc1C. The minimum Gasteiger partial charge on any atom is -0.336 e. The van der Waals surface area contributed by atoms with Gasteiger partial charge in [0.2, 0.25) is 5.91 Å². The van der Waals surface area contributed by atoms with E-state index in [4.69, 9.17) is 0 Å². The van der Waals surface area contributed by atoms with Gasteiger partial charge < -0.3 is 9.80 Å². The average Bonchev–Trinajstić information content (AvgIpc) is 2.76. The van der Waals surface area contributed by atoms with Crippen molar-refractivity contribution in [2.75, 3.05) is 27.2 Å². The summed E-state index contributed by atoms with van der Waals surface area (Å²) in [5, 5.41) is 2.09. The van der Waals surface area contributed by atoms with Crippen LogP contribution in [0.15, 0.2) is 23.6 Å². The molecule has 0 unspecified atom stereocenters. The molecule has 0 bridgehead atoms. The summed E-state index contributed by atoms with van der Waals surface area (Å²) in [7, 11) is 4.07. The standard InChI is InChI=1S/C15H24N2OS/c1-5-6-7-15(18)17(10-9-16(3)4)12-14-13(2)8-11-19-14/h5-6,8,11H,7,9-10,12H2,1-4H3/b6-5+. The highest BCUT2D eigenvalue weighted by Gasteiger charge is 2.14. The first-order valence-electron chi connectivity index (χ1n) is 6.61. The molecule has 1 amide bonds. The van der Waals surface area contributed by atoms with E-state index in [0.29, 0.717) is 6.42 Å². The molecule has 0 atom stereocenters. The van der Waals surface area contributed by atoms with Crippen molar-refractivity contribution in [3.63, 3.8) is 0 Å². The molecule has 1 aromatic heterocycles. The molecule has 0 saturated heterocycles. The number of thiophene rings is 1. The van der Waals surface area contributed by atoms with Gasteiger partial charge in [0.15, 0.2) is 0 Å². The molecule has 1 heterocycles. The summed E-state index contributed by atoms with van der Waals surface area (Å²) in [6.07, 6.45) is 4.35. The molecular weight excluding hydrogens is 256 g/mol. The summed E-state index contributed by atoms with van der Waals surface area (Å²) in [5.74, 6) is 0.202. The molecule has 4 heteroatoms. The number of carbonyl (C=O) groups excluding carboxylic acids is 1. The third-order valence-electron chi connectivity index (χ3n) is 3.00. The van der Waals surface area contributed by atoms with Crippen molar-refractivity contribution in [1.29, 1.82) is 0 Å². The molecule has 3 nitrogen and oxygen atoms in total. The predicted molar refractivity (Wildman–Crippen MR) is 82.5 cm³/mol. The van der Waals surface area contributed by atoms with Crippen LogP contribution in [0.2, 0.25) is 0 Å². The lowest BCUT2D eigenvalue weighted by Gasteiger charge is -2.24. The lowest BCUT2D eigenvalue weighted by atomic mass is 10.2. The number of aryl methyl sites for hydroxylation is 1. The molecule has 0 spiro atoms. The lowest BCUT2D eigenvalue weighted by Crippen LogP contribution is -2.35. The second kappa shape index (κ2) is 8.12. The van der Waals surface area contributed by atoms with E-state index in [0.717, 1.165) is 19.6 Å². The monoisotopic (exact) mass is 280 g/mol. The Morgan fingerprint density at radius 2 is 2.11 bits per heavy atom. The highest BCUT2D eigenvalue weighted by molar-refractivity contribution is 7.10. The number of amides is 1. The molecule has 1 rings (SSSR count). The van der Waals surface area contributed by atoms with E-state index in [1.165, 1.54) is 10.4 Å². The van der Waals surface area contributed by atoms with Crippen molar-refractivity contribution in [1.82, 2.24) is 9.80 Å². The number of hydrogen-bond acceptors (Lipinski definition) is 3. The molecule has 1 aromatic rings. The Hall–Kier alpha value is -1.13. The summed E-state index contributed by atoms with van der Waals surface area (Å²) in [6, 6.07) is 2.11. The van der Waals surface area contributed by atoms with Gasteiger partial charge in [0.1, 0.15) is 0 Å². The summed E-state index contributed by atoms with van der Waals surface area (Å²) >= 11 is 1.73. The van der Waals surface area contributed by atoms with Gasteiger partial charge in [-0.25, -0.2) is 0 Å². The van der Waals surface area contributed by atoms with E-state index in [-0.39, 0.29) is 5.91 Å². The van der Waals surface area contributed by atoms with E-state index in [2.05, 4.69) is 23.3 Å². The molecule has 19 heavy (non-hydrogen) atoms. The van der Waals surface area contributed by atoms with Crippen LogP contribution in [0.3, 0.4) is 0 Å². The van der Waals surface area contributed by atoms with Gasteiger partial charge in [-0.1, -0.05) is 12.2 Å². The Kier molecular flexibility index (Phi) is 6.81. The molecule has 0 aliphatic carbocycles. The maximum absolute atomic E-state index is 12.2. The Bertz CT molecular complexity index is 424. The van der Waals surface area contributed by atoms with E-state index >= 15 is 0 Å². The van der Waals surface area contributed by atoms with Crippen LogP contribution >= 0.6 is 11.3 Å². The molecule has 106 valence electrons. The molecule has 0 aliphatic rings. The third kappa shape index (κ3) is 5.57. The fraction of sp³-hybridized carbons (Fsp3) is 0.533. The van der Waals surface area contributed by atoms with Gasteiger partial charge in [-0.05, 0) is 45.0 Å². The summed E-state index contributed by atoms with van der Waals surface area (Å²) in [5.41, 5.74) is 1.28. The lowest BCUT2D eigenvalue weighted by molar-refractivity contribution is -0.131. The number of nitrogens with zero attached hydrogens (tertiary/aromatic N) is 2. The van der Waals surface area contributed by atoms with E-state index in [1.807, 2.05) is 38.1 Å². The first-order chi connectivity index (χ1) is 9.04. The minimum absolute atomic E-state index is 0.202.